The lowest BCUT2D eigenvalue weighted by Gasteiger charge is -2.20. The first kappa shape index (κ1) is 23.4. The van der Waals surface area contributed by atoms with Gasteiger partial charge in [-0.1, -0.05) is 72.6 Å². The Labute approximate surface area is 191 Å². The van der Waals surface area contributed by atoms with Crippen molar-refractivity contribution in [2.24, 2.45) is 0 Å². The Balaban J connectivity index is 1.58. The van der Waals surface area contributed by atoms with Crippen molar-refractivity contribution in [2.75, 3.05) is 13.7 Å². The van der Waals surface area contributed by atoms with E-state index in [9.17, 15) is 4.79 Å². The van der Waals surface area contributed by atoms with Gasteiger partial charge in [-0.25, -0.2) is 0 Å². The number of benzene rings is 3. The molecule has 4 nitrogen and oxygen atoms in total. The number of methoxy groups -OCH3 is 1. The molecule has 0 aromatic heterocycles. The largest absolute Gasteiger partial charge is 0.496 e. The van der Waals surface area contributed by atoms with Gasteiger partial charge in [0.15, 0.2) is 0 Å². The van der Waals surface area contributed by atoms with Crippen molar-refractivity contribution in [2.45, 2.75) is 46.1 Å². The second-order valence-corrected chi connectivity index (χ2v) is 8.10. The Morgan fingerprint density at radius 2 is 1.50 bits per heavy atom. The molecular weight excluding hydrogens is 398 g/mol. The Morgan fingerprint density at radius 1 is 0.906 bits per heavy atom. The third kappa shape index (κ3) is 6.36. The zero-order chi connectivity index (χ0) is 22.9. The molecule has 0 atom stereocenters. The number of nitrogens with one attached hydrogen (secondary N) is 1. The molecule has 0 unspecified atom stereocenters. The monoisotopic (exact) mass is 431 g/mol. The lowest BCUT2D eigenvalue weighted by atomic mass is 9.97. The summed E-state index contributed by atoms with van der Waals surface area (Å²) in [6.07, 6.45) is 1.95. The van der Waals surface area contributed by atoms with Crippen LogP contribution < -0.4 is 14.8 Å². The van der Waals surface area contributed by atoms with E-state index in [0.717, 1.165) is 34.6 Å². The summed E-state index contributed by atoms with van der Waals surface area (Å²) < 4.78 is 11.3. The maximum Gasteiger partial charge on any atom is 0.220 e. The number of carbonyl (C=O) groups excluding carboxylic acids is 1. The number of amides is 1. The molecule has 0 aliphatic rings. The quantitative estimate of drug-likeness (QED) is 0.404. The molecule has 0 spiro atoms. The summed E-state index contributed by atoms with van der Waals surface area (Å²) in [6.45, 7) is 6.70. The van der Waals surface area contributed by atoms with Crippen LogP contribution >= 0.6 is 0 Å². The lowest BCUT2D eigenvalue weighted by Crippen LogP contribution is -2.29. The fourth-order valence-corrected chi connectivity index (χ4v) is 3.64. The van der Waals surface area contributed by atoms with Crippen molar-refractivity contribution in [3.63, 3.8) is 0 Å². The summed E-state index contributed by atoms with van der Waals surface area (Å²) in [7, 11) is 1.67. The summed E-state index contributed by atoms with van der Waals surface area (Å²) in [4.78, 5) is 12.7. The predicted molar refractivity (Wildman–Crippen MR) is 129 cm³/mol. The standard InChI is InChI=1S/C28H33NO3/c1-5-22-16-17-25(19-26(22)31-4)32-18-6-7-27(30)29-28(23-12-8-20(2)9-13-23)24-14-10-21(3)11-15-24/h8-17,19,28H,5-7,18H2,1-4H3,(H,29,30). The van der Waals surface area contributed by atoms with E-state index in [0.29, 0.717) is 19.4 Å². The molecule has 3 aromatic carbocycles. The van der Waals surface area contributed by atoms with Crippen LogP contribution in [0.2, 0.25) is 0 Å². The molecule has 0 radical (unpaired) electrons. The van der Waals surface area contributed by atoms with Crippen LogP contribution in [0.3, 0.4) is 0 Å². The Bertz CT molecular complexity index is 964. The van der Waals surface area contributed by atoms with E-state index in [2.05, 4.69) is 74.6 Å². The molecule has 168 valence electrons. The molecule has 0 fully saturated rings. The smallest absolute Gasteiger partial charge is 0.220 e. The second kappa shape index (κ2) is 11.4. The van der Waals surface area contributed by atoms with Gasteiger partial charge in [0.2, 0.25) is 5.91 Å². The average molecular weight is 432 g/mol. The SMILES string of the molecule is CCc1ccc(OCCCC(=O)NC(c2ccc(C)cc2)c2ccc(C)cc2)cc1OC. The van der Waals surface area contributed by atoms with Crippen molar-refractivity contribution in [3.05, 3.63) is 94.5 Å². The summed E-state index contributed by atoms with van der Waals surface area (Å²) in [5.74, 6) is 1.61. The molecule has 0 saturated heterocycles. The van der Waals surface area contributed by atoms with Crippen molar-refractivity contribution in [1.82, 2.24) is 5.32 Å². The molecule has 0 saturated carbocycles. The van der Waals surface area contributed by atoms with Crippen LogP contribution in [0.5, 0.6) is 11.5 Å². The number of carbonyl (C=O) groups is 1. The van der Waals surface area contributed by atoms with E-state index >= 15 is 0 Å². The maximum absolute atomic E-state index is 12.7. The zero-order valence-corrected chi connectivity index (χ0v) is 19.5. The molecule has 0 bridgehead atoms. The van der Waals surface area contributed by atoms with Gasteiger partial charge in [0.25, 0.3) is 0 Å². The number of aryl methyl sites for hydroxylation is 3. The van der Waals surface area contributed by atoms with Gasteiger partial charge in [0.05, 0.1) is 19.8 Å². The first-order chi connectivity index (χ1) is 15.5. The van der Waals surface area contributed by atoms with E-state index in [1.807, 2.05) is 18.2 Å². The molecule has 32 heavy (non-hydrogen) atoms. The molecule has 3 rings (SSSR count). The summed E-state index contributed by atoms with van der Waals surface area (Å²) in [5, 5.41) is 3.21. The van der Waals surface area contributed by atoms with Gasteiger partial charge >= 0.3 is 0 Å². The first-order valence-electron chi connectivity index (χ1n) is 11.2. The fraction of sp³-hybridized carbons (Fsp3) is 0.321. The van der Waals surface area contributed by atoms with E-state index < -0.39 is 0 Å². The van der Waals surface area contributed by atoms with Crippen molar-refractivity contribution >= 4 is 5.91 Å². The third-order valence-electron chi connectivity index (χ3n) is 5.58. The van der Waals surface area contributed by atoms with Crippen molar-refractivity contribution in [3.8, 4) is 11.5 Å². The van der Waals surface area contributed by atoms with Gasteiger partial charge in [-0.15, -0.1) is 0 Å². The zero-order valence-electron chi connectivity index (χ0n) is 19.5. The van der Waals surface area contributed by atoms with Crippen LogP contribution in [0.15, 0.2) is 66.7 Å². The lowest BCUT2D eigenvalue weighted by molar-refractivity contribution is -0.121. The van der Waals surface area contributed by atoms with Crippen molar-refractivity contribution < 1.29 is 14.3 Å². The Kier molecular flexibility index (Phi) is 8.32. The van der Waals surface area contributed by atoms with Gasteiger partial charge in [0.1, 0.15) is 11.5 Å². The molecule has 3 aromatic rings. The minimum atomic E-state index is -0.171. The normalized spacial score (nSPS) is 10.8. The number of hydrogen-bond acceptors (Lipinski definition) is 3. The molecule has 0 aliphatic carbocycles. The highest BCUT2D eigenvalue weighted by Gasteiger charge is 2.17. The highest BCUT2D eigenvalue weighted by molar-refractivity contribution is 5.77. The topological polar surface area (TPSA) is 47.6 Å². The molecular formula is C28H33NO3. The predicted octanol–water partition coefficient (Wildman–Crippen LogP) is 5.94. The Morgan fingerprint density at radius 3 is 2.03 bits per heavy atom. The first-order valence-corrected chi connectivity index (χ1v) is 11.2. The number of hydrogen-bond donors (Lipinski definition) is 1. The molecule has 0 heterocycles. The molecule has 1 amide bonds. The summed E-state index contributed by atoms with van der Waals surface area (Å²) >= 11 is 0. The van der Waals surface area contributed by atoms with Gasteiger partial charge in [-0.2, -0.15) is 0 Å². The third-order valence-corrected chi connectivity index (χ3v) is 5.58. The van der Waals surface area contributed by atoms with Gasteiger partial charge in [-0.3, -0.25) is 4.79 Å². The highest BCUT2D eigenvalue weighted by Crippen LogP contribution is 2.26. The fourth-order valence-electron chi connectivity index (χ4n) is 3.64. The van der Waals surface area contributed by atoms with Crippen LogP contribution in [0.4, 0.5) is 0 Å². The van der Waals surface area contributed by atoms with Crippen molar-refractivity contribution in [1.29, 1.82) is 0 Å². The molecule has 1 N–H and O–H groups in total. The second-order valence-electron chi connectivity index (χ2n) is 8.10. The van der Waals surface area contributed by atoms with Crippen LogP contribution in [0, 0.1) is 13.8 Å². The Hall–Kier alpha value is -3.27. The van der Waals surface area contributed by atoms with E-state index in [-0.39, 0.29) is 11.9 Å². The van der Waals surface area contributed by atoms with Gasteiger partial charge < -0.3 is 14.8 Å². The number of rotatable bonds is 10. The van der Waals surface area contributed by atoms with Crippen LogP contribution in [-0.2, 0) is 11.2 Å². The van der Waals surface area contributed by atoms with Crippen LogP contribution in [0.25, 0.3) is 0 Å². The average Bonchev–Trinajstić information content (AvgIpc) is 2.81. The van der Waals surface area contributed by atoms with Gasteiger partial charge in [-0.05, 0) is 49.4 Å². The van der Waals surface area contributed by atoms with Crippen LogP contribution in [0.1, 0.15) is 53.6 Å². The van der Waals surface area contributed by atoms with Gasteiger partial charge in [0, 0.05) is 12.5 Å². The maximum atomic E-state index is 12.7. The highest BCUT2D eigenvalue weighted by atomic mass is 16.5. The minimum Gasteiger partial charge on any atom is -0.496 e. The molecule has 0 aliphatic heterocycles. The van der Waals surface area contributed by atoms with E-state index in [1.54, 1.807) is 7.11 Å². The van der Waals surface area contributed by atoms with E-state index in [4.69, 9.17) is 9.47 Å². The summed E-state index contributed by atoms with van der Waals surface area (Å²) in [5.41, 5.74) is 5.70. The minimum absolute atomic E-state index is 0.0126. The number of ether oxygens (including phenoxy) is 2. The van der Waals surface area contributed by atoms with E-state index in [1.165, 1.54) is 11.1 Å². The summed E-state index contributed by atoms with van der Waals surface area (Å²) in [6, 6.07) is 22.3. The molecule has 4 heteroatoms. The van der Waals surface area contributed by atoms with Crippen LogP contribution in [-0.4, -0.2) is 19.6 Å².